The van der Waals surface area contributed by atoms with Crippen LogP contribution in [0.15, 0.2) is 24.3 Å². The van der Waals surface area contributed by atoms with Crippen molar-refractivity contribution >= 4 is 11.6 Å². The molecule has 2 atom stereocenters. The van der Waals surface area contributed by atoms with Gasteiger partial charge in [-0.3, -0.25) is 4.79 Å². The van der Waals surface area contributed by atoms with Crippen LogP contribution in [0.5, 0.6) is 5.75 Å². The van der Waals surface area contributed by atoms with Crippen molar-refractivity contribution in [1.82, 2.24) is 10.2 Å². The van der Waals surface area contributed by atoms with Crippen LogP contribution in [0, 0.1) is 5.92 Å². The summed E-state index contributed by atoms with van der Waals surface area (Å²) < 4.78 is 5.64. The number of carbonyl (C=O) groups is 1. The average Bonchev–Trinajstić information content (AvgIpc) is 2.48. The summed E-state index contributed by atoms with van der Waals surface area (Å²) in [5.41, 5.74) is 0.810. The standard InChI is InChI=1S/C17H27N3O2/c1-13-8-9-18-16(12-13)17(21)19-14-4-6-15(7-5-14)22-11-10-20(2)3/h4-7,13,16,18H,8-12H2,1-3H3,(H,19,21). The topological polar surface area (TPSA) is 53.6 Å². The number of likely N-dealkylation sites (N-methyl/N-ethyl adjacent to an activating group) is 1. The van der Waals surface area contributed by atoms with Crippen molar-refractivity contribution in [3.05, 3.63) is 24.3 Å². The molecule has 0 bridgehead atoms. The van der Waals surface area contributed by atoms with E-state index in [1.807, 2.05) is 38.4 Å². The van der Waals surface area contributed by atoms with Gasteiger partial charge in [0.2, 0.25) is 5.91 Å². The highest BCUT2D eigenvalue weighted by Gasteiger charge is 2.24. The predicted octanol–water partition coefficient (Wildman–Crippen LogP) is 1.95. The fourth-order valence-electron chi connectivity index (χ4n) is 2.52. The molecule has 1 fully saturated rings. The van der Waals surface area contributed by atoms with E-state index in [4.69, 9.17) is 4.74 Å². The van der Waals surface area contributed by atoms with Gasteiger partial charge >= 0.3 is 0 Å². The van der Waals surface area contributed by atoms with E-state index < -0.39 is 0 Å². The Morgan fingerprint density at radius 1 is 1.36 bits per heavy atom. The molecule has 0 aromatic heterocycles. The van der Waals surface area contributed by atoms with Crippen molar-refractivity contribution in [2.75, 3.05) is 39.1 Å². The predicted molar refractivity (Wildman–Crippen MR) is 89.3 cm³/mol. The smallest absolute Gasteiger partial charge is 0.241 e. The molecule has 0 saturated carbocycles. The number of carbonyl (C=O) groups excluding carboxylic acids is 1. The van der Waals surface area contributed by atoms with Gasteiger partial charge in [0.05, 0.1) is 6.04 Å². The van der Waals surface area contributed by atoms with E-state index in [1.54, 1.807) is 0 Å². The number of hydrogen-bond acceptors (Lipinski definition) is 4. The molecule has 0 aliphatic carbocycles. The first-order chi connectivity index (χ1) is 10.5. The number of rotatable bonds is 6. The molecule has 2 N–H and O–H groups in total. The van der Waals surface area contributed by atoms with Crippen LogP contribution in [0.4, 0.5) is 5.69 Å². The minimum absolute atomic E-state index is 0.0489. The van der Waals surface area contributed by atoms with Crippen LogP contribution in [0.1, 0.15) is 19.8 Å². The number of nitrogens with one attached hydrogen (secondary N) is 2. The number of benzene rings is 1. The third-order valence-electron chi connectivity index (χ3n) is 3.91. The maximum atomic E-state index is 12.2. The summed E-state index contributed by atoms with van der Waals surface area (Å²) in [4.78, 5) is 14.3. The zero-order chi connectivity index (χ0) is 15.9. The molecule has 1 heterocycles. The molecule has 0 radical (unpaired) electrons. The first-order valence-corrected chi connectivity index (χ1v) is 7.96. The van der Waals surface area contributed by atoms with Gasteiger partial charge in [0.1, 0.15) is 12.4 Å². The van der Waals surface area contributed by atoms with E-state index in [0.29, 0.717) is 12.5 Å². The maximum Gasteiger partial charge on any atom is 0.241 e. The number of nitrogens with zero attached hydrogens (tertiary/aromatic N) is 1. The molecular weight excluding hydrogens is 278 g/mol. The summed E-state index contributed by atoms with van der Waals surface area (Å²) in [5, 5.41) is 6.25. The monoisotopic (exact) mass is 305 g/mol. The second-order valence-corrected chi connectivity index (χ2v) is 6.30. The molecule has 1 amide bonds. The summed E-state index contributed by atoms with van der Waals surface area (Å²) in [6, 6.07) is 7.47. The number of anilines is 1. The maximum absolute atomic E-state index is 12.2. The molecule has 1 aliphatic rings. The van der Waals surface area contributed by atoms with Gasteiger partial charge in [0, 0.05) is 12.2 Å². The number of ether oxygens (including phenoxy) is 1. The molecule has 1 aromatic rings. The number of hydrogen-bond donors (Lipinski definition) is 2. The Morgan fingerprint density at radius 3 is 2.73 bits per heavy atom. The van der Waals surface area contributed by atoms with Crippen molar-refractivity contribution in [3.63, 3.8) is 0 Å². The van der Waals surface area contributed by atoms with Gasteiger partial charge in [-0.05, 0) is 63.7 Å². The Labute approximate surface area is 133 Å². The quantitative estimate of drug-likeness (QED) is 0.843. The largest absolute Gasteiger partial charge is 0.492 e. The molecule has 0 spiro atoms. The minimum Gasteiger partial charge on any atom is -0.492 e. The van der Waals surface area contributed by atoms with Gasteiger partial charge in [0.25, 0.3) is 0 Å². The summed E-state index contributed by atoms with van der Waals surface area (Å²) in [5.74, 6) is 1.47. The fraction of sp³-hybridized carbons (Fsp3) is 0.588. The number of amides is 1. The van der Waals surface area contributed by atoms with Gasteiger partial charge in [-0.25, -0.2) is 0 Å². The Kier molecular flexibility index (Phi) is 6.21. The summed E-state index contributed by atoms with van der Waals surface area (Å²) >= 11 is 0. The van der Waals surface area contributed by atoms with Crippen LogP contribution >= 0.6 is 0 Å². The van der Waals surface area contributed by atoms with Gasteiger partial charge in [-0.15, -0.1) is 0 Å². The van der Waals surface area contributed by atoms with Gasteiger partial charge in [-0.1, -0.05) is 6.92 Å². The highest BCUT2D eigenvalue weighted by molar-refractivity contribution is 5.94. The van der Waals surface area contributed by atoms with E-state index in [9.17, 15) is 4.79 Å². The third-order valence-corrected chi connectivity index (χ3v) is 3.91. The van der Waals surface area contributed by atoms with Crippen molar-refractivity contribution in [1.29, 1.82) is 0 Å². The second-order valence-electron chi connectivity index (χ2n) is 6.30. The summed E-state index contributed by atoms with van der Waals surface area (Å²) in [7, 11) is 4.03. The van der Waals surface area contributed by atoms with Crippen LogP contribution in [0.3, 0.4) is 0 Å². The first kappa shape index (κ1) is 16.8. The third kappa shape index (κ3) is 5.31. The zero-order valence-corrected chi connectivity index (χ0v) is 13.8. The van der Waals surface area contributed by atoms with E-state index >= 15 is 0 Å². The van der Waals surface area contributed by atoms with Gasteiger partial charge < -0.3 is 20.3 Å². The van der Waals surface area contributed by atoms with Crippen molar-refractivity contribution in [2.24, 2.45) is 5.92 Å². The molecule has 5 nitrogen and oxygen atoms in total. The molecule has 1 saturated heterocycles. The lowest BCUT2D eigenvalue weighted by Crippen LogP contribution is -2.45. The van der Waals surface area contributed by atoms with Crippen molar-refractivity contribution in [3.8, 4) is 5.75 Å². The molecule has 2 unspecified atom stereocenters. The fourth-order valence-corrected chi connectivity index (χ4v) is 2.52. The number of piperidine rings is 1. The van der Waals surface area contributed by atoms with Crippen LogP contribution in [0.25, 0.3) is 0 Å². The van der Waals surface area contributed by atoms with Crippen LogP contribution < -0.4 is 15.4 Å². The highest BCUT2D eigenvalue weighted by atomic mass is 16.5. The molecule has 2 rings (SSSR count). The van der Waals surface area contributed by atoms with Crippen LogP contribution in [-0.4, -0.2) is 50.6 Å². The molecule has 1 aliphatic heterocycles. The second kappa shape index (κ2) is 8.15. The molecule has 122 valence electrons. The van der Waals surface area contributed by atoms with Crippen molar-refractivity contribution in [2.45, 2.75) is 25.8 Å². The molecule has 22 heavy (non-hydrogen) atoms. The molecule has 1 aromatic carbocycles. The lowest BCUT2D eigenvalue weighted by Gasteiger charge is -2.27. The van der Waals surface area contributed by atoms with E-state index in [1.165, 1.54) is 0 Å². The Balaban J connectivity index is 1.81. The average molecular weight is 305 g/mol. The zero-order valence-electron chi connectivity index (χ0n) is 13.8. The SMILES string of the molecule is CC1CCNC(C(=O)Nc2ccc(OCCN(C)C)cc2)C1. The summed E-state index contributed by atoms with van der Waals surface area (Å²) in [6.45, 7) is 4.64. The Bertz CT molecular complexity index is 473. The minimum atomic E-state index is -0.0835. The van der Waals surface area contributed by atoms with E-state index in [0.717, 1.165) is 37.4 Å². The molecule has 5 heteroatoms. The Morgan fingerprint density at radius 2 is 2.09 bits per heavy atom. The summed E-state index contributed by atoms with van der Waals surface area (Å²) in [6.07, 6.45) is 2.04. The normalized spacial score (nSPS) is 21.6. The lowest BCUT2D eigenvalue weighted by atomic mass is 9.94. The van der Waals surface area contributed by atoms with E-state index in [2.05, 4.69) is 22.5 Å². The molecular formula is C17H27N3O2. The van der Waals surface area contributed by atoms with Crippen LogP contribution in [0.2, 0.25) is 0 Å². The van der Waals surface area contributed by atoms with E-state index in [-0.39, 0.29) is 11.9 Å². The Hall–Kier alpha value is -1.59. The van der Waals surface area contributed by atoms with Gasteiger partial charge in [0.15, 0.2) is 0 Å². The first-order valence-electron chi connectivity index (χ1n) is 7.96. The van der Waals surface area contributed by atoms with Crippen LogP contribution in [-0.2, 0) is 4.79 Å². The van der Waals surface area contributed by atoms with Crippen molar-refractivity contribution < 1.29 is 9.53 Å². The lowest BCUT2D eigenvalue weighted by molar-refractivity contribution is -0.119. The van der Waals surface area contributed by atoms with Gasteiger partial charge in [-0.2, -0.15) is 0 Å². The highest BCUT2D eigenvalue weighted by Crippen LogP contribution is 2.19.